The average molecular weight is 355 g/mol. The lowest BCUT2D eigenvalue weighted by atomic mass is 10.1. The highest BCUT2D eigenvalue weighted by molar-refractivity contribution is 9.10. The Morgan fingerprint density at radius 1 is 1.05 bits per heavy atom. The summed E-state index contributed by atoms with van der Waals surface area (Å²) < 4.78 is 0.997. The Kier molecular flexibility index (Phi) is 3.98. The van der Waals surface area contributed by atoms with Crippen LogP contribution in [-0.2, 0) is 0 Å². The van der Waals surface area contributed by atoms with E-state index in [2.05, 4.69) is 20.9 Å². The van der Waals surface area contributed by atoms with Gasteiger partial charge in [-0.25, -0.2) is 4.98 Å². The van der Waals surface area contributed by atoms with Gasteiger partial charge in [0.2, 0.25) is 0 Å². The predicted octanol–water partition coefficient (Wildman–Crippen LogP) is 5.08. The lowest BCUT2D eigenvalue weighted by molar-refractivity contribution is -0.383. The number of pyridine rings is 1. The molecule has 1 aromatic heterocycles. The summed E-state index contributed by atoms with van der Waals surface area (Å²) >= 11 is 3.42. The second kappa shape index (κ2) is 6.07. The summed E-state index contributed by atoms with van der Waals surface area (Å²) in [5.41, 5.74) is 2.14. The normalized spacial score (nSPS) is 11.1. The van der Waals surface area contributed by atoms with E-state index in [1.54, 1.807) is 6.07 Å². The van der Waals surface area contributed by atoms with Gasteiger partial charge in [0.25, 0.3) is 5.69 Å². The Morgan fingerprint density at radius 2 is 1.86 bits per heavy atom. The maximum absolute atomic E-state index is 11.1. The zero-order valence-corrected chi connectivity index (χ0v) is 13.0. The van der Waals surface area contributed by atoms with E-state index in [1.165, 1.54) is 6.07 Å². The highest BCUT2D eigenvalue weighted by Gasteiger charge is 2.12. The largest absolute Gasteiger partial charge is 0.295 e. The number of nitrogens with zero attached hydrogens (tertiary/aromatic N) is 2. The standard InChI is InChI=1S/C17H11BrN2O2/c18-14-5-1-3-12(11-14)7-9-15-10-8-13-4-2-6-16(20(21)22)17(13)19-15/h1-11H/b9-7+. The molecule has 108 valence electrons. The number of hydrogen-bond acceptors (Lipinski definition) is 3. The molecule has 22 heavy (non-hydrogen) atoms. The fourth-order valence-corrected chi connectivity index (χ4v) is 2.60. The number of rotatable bonds is 3. The summed E-state index contributed by atoms with van der Waals surface area (Å²) in [6.45, 7) is 0. The highest BCUT2D eigenvalue weighted by atomic mass is 79.9. The molecule has 0 amide bonds. The van der Waals surface area contributed by atoms with E-state index in [0.29, 0.717) is 11.2 Å². The fourth-order valence-electron chi connectivity index (χ4n) is 2.18. The van der Waals surface area contributed by atoms with Crippen LogP contribution in [0.3, 0.4) is 0 Å². The van der Waals surface area contributed by atoms with Gasteiger partial charge in [-0.2, -0.15) is 0 Å². The van der Waals surface area contributed by atoms with Crippen LogP contribution < -0.4 is 0 Å². The van der Waals surface area contributed by atoms with Crippen LogP contribution in [0.4, 0.5) is 5.69 Å². The Labute approximate surface area is 135 Å². The van der Waals surface area contributed by atoms with Crippen molar-refractivity contribution in [2.45, 2.75) is 0 Å². The smallest absolute Gasteiger partial charge is 0.258 e. The van der Waals surface area contributed by atoms with Crippen molar-refractivity contribution in [3.8, 4) is 0 Å². The number of benzene rings is 2. The van der Waals surface area contributed by atoms with Crippen LogP contribution in [0.15, 0.2) is 59.1 Å². The minimum Gasteiger partial charge on any atom is -0.258 e. The van der Waals surface area contributed by atoms with Crippen molar-refractivity contribution in [2.24, 2.45) is 0 Å². The average Bonchev–Trinajstić information content (AvgIpc) is 2.52. The molecule has 0 N–H and O–H groups in total. The van der Waals surface area contributed by atoms with E-state index in [4.69, 9.17) is 0 Å². The zero-order valence-electron chi connectivity index (χ0n) is 11.4. The van der Waals surface area contributed by atoms with Gasteiger partial charge in [-0.3, -0.25) is 10.1 Å². The highest BCUT2D eigenvalue weighted by Crippen LogP contribution is 2.24. The van der Waals surface area contributed by atoms with Crippen LogP contribution in [0.1, 0.15) is 11.3 Å². The molecular formula is C17H11BrN2O2. The van der Waals surface area contributed by atoms with Crippen molar-refractivity contribution in [3.63, 3.8) is 0 Å². The SMILES string of the molecule is O=[N+]([O-])c1cccc2ccc(/C=C/c3cccc(Br)c3)nc12. The Morgan fingerprint density at radius 3 is 2.64 bits per heavy atom. The summed E-state index contributed by atoms with van der Waals surface area (Å²) in [6, 6.07) is 16.5. The van der Waals surface area contributed by atoms with Crippen molar-refractivity contribution in [1.82, 2.24) is 4.98 Å². The lowest BCUT2D eigenvalue weighted by Gasteiger charge is -2.00. The maximum atomic E-state index is 11.1. The van der Waals surface area contributed by atoms with Gasteiger partial charge in [0.05, 0.1) is 10.6 Å². The van der Waals surface area contributed by atoms with Crippen LogP contribution in [0.2, 0.25) is 0 Å². The molecule has 0 atom stereocenters. The number of nitro benzene ring substituents is 1. The fraction of sp³-hybridized carbons (Fsp3) is 0. The van der Waals surface area contributed by atoms with Gasteiger partial charge >= 0.3 is 0 Å². The molecule has 3 rings (SSSR count). The third-order valence-corrected chi connectivity index (χ3v) is 3.71. The number of non-ortho nitro benzene ring substituents is 1. The first-order valence-corrected chi connectivity index (χ1v) is 7.40. The van der Waals surface area contributed by atoms with E-state index in [9.17, 15) is 10.1 Å². The van der Waals surface area contributed by atoms with E-state index in [0.717, 1.165) is 15.4 Å². The van der Waals surface area contributed by atoms with E-state index in [-0.39, 0.29) is 5.69 Å². The number of para-hydroxylation sites is 1. The minimum atomic E-state index is -0.406. The first kappa shape index (κ1) is 14.4. The van der Waals surface area contributed by atoms with Crippen molar-refractivity contribution in [2.75, 3.05) is 0 Å². The molecule has 2 aromatic carbocycles. The topological polar surface area (TPSA) is 56.0 Å². The molecule has 0 saturated carbocycles. The molecule has 0 aliphatic heterocycles. The quantitative estimate of drug-likeness (QED) is 0.487. The predicted molar refractivity (Wildman–Crippen MR) is 91.5 cm³/mol. The molecule has 1 heterocycles. The molecule has 3 aromatic rings. The Balaban J connectivity index is 2.01. The van der Waals surface area contributed by atoms with Crippen molar-refractivity contribution < 1.29 is 4.92 Å². The summed E-state index contributed by atoms with van der Waals surface area (Å²) in [4.78, 5) is 15.1. The van der Waals surface area contributed by atoms with Gasteiger partial charge in [0.15, 0.2) is 0 Å². The van der Waals surface area contributed by atoms with E-state index in [1.807, 2.05) is 54.6 Å². The number of fused-ring (bicyclic) bond motifs is 1. The number of halogens is 1. The third-order valence-electron chi connectivity index (χ3n) is 3.21. The molecule has 5 heteroatoms. The summed E-state index contributed by atoms with van der Waals surface area (Å²) in [5, 5.41) is 11.8. The third kappa shape index (κ3) is 3.04. The van der Waals surface area contributed by atoms with E-state index < -0.39 is 4.92 Å². The van der Waals surface area contributed by atoms with Crippen LogP contribution in [-0.4, -0.2) is 9.91 Å². The summed E-state index contributed by atoms with van der Waals surface area (Å²) in [7, 11) is 0. The molecular weight excluding hydrogens is 344 g/mol. The molecule has 0 aliphatic rings. The lowest BCUT2D eigenvalue weighted by Crippen LogP contribution is -1.92. The summed E-state index contributed by atoms with van der Waals surface area (Å²) in [6.07, 6.45) is 3.77. The number of aromatic nitrogens is 1. The van der Waals surface area contributed by atoms with Crippen molar-refractivity contribution in [3.05, 3.63) is 80.4 Å². The number of hydrogen-bond donors (Lipinski definition) is 0. The van der Waals surface area contributed by atoms with Gasteiger partial charge < -0.3 is 0 Å². The molecule has 0 bridgehead atoms. The van der Waals surface area contributed by atoms with Crippen molar-refractivity contribution >= 4 is 44.7 Å². The molecule has 4 nitrogen and oxygen atoms in total. The first-order valence-electron chi connectivity index (χ1n) is 6.61. The van der Waals surface area contributed by atoms with Gasteiger partial charge in [0, 0.05) is 15.9 Å². The van der Waals surface area contributed by atoms with Gasteiger partial charge in [-0.1, -0.05) is 52.3 Å². The molecule has 0 saturated heterocycles. The monoisotopic (exact) mass is 354 g/mol. The first-order chi connectivity index (χ1) is 10.6. The second-order valence-electron chi connectivity index (χ2n) is 4.73. The molecule has 0 aliphatic carbocycles. The molecule has 0 fully saturated rings. The Hall–Kier alpha value is -2.53. The van der Waals surface area contributed by atoms with Gasteiger partial charge in [0.1, 0.15) is 5.52 Å². The van der Waals surface area contributed by atoms with Crippen LogP contribution in [0, 0.1) is 10.1 Å². The molecule has 0 spiro atoms. The van der Waals surface area contributed by atoms with Gasteiger partial charge in [-0.05, 0) is 29.8 Å². The second-order valence-corrected chi connectivity index (χ2v) is 5.65. The minimum absolute atomic E-state index is 0.0233. The van der Waals surface area contributed by atoms with Crippen LogP contribution in [0.25, 0.3) is 23.1 Å². The Bertz CT molecular complexity index is 891. The van der Waals surface area contributed by atoms with E-state index >= 15 is 0 Å². The molecule has 0 radical (unpaired) electrons. The maximum Gasteiger partial charge on any atom is 0.295 e. The van der Waals surface area contributed by atoms with Crippen LogP contribution in [0.5, 0.6) is 0 Å². The van der Waals surface area contributed by atoms with Crippen molar-refractivity contribution in [1.29, 1.82) is 0 Å². The summed E-state index contributed by atoms with van der Waals surface area (Å²) in [5.74, 6) is 0. The molecule has 0 unspecified atom stereocenters. The van der Waals surface area contributed by atoms with Gasteiger partial charge in [-0.15, -0.1) is 0 Å². The van der Waals surface area contributed by atoms with Crippen LogP contribution >= 0.6 is 15.9 Å². The zero-order chi connectivity index (χ0) is 15.5. The number of nitro groups is 1.